The summed E-state index contributed by atoms with van der Waals surface area (Å²) in [5, 5.41) is 9.55. The van der Waals surface area contributed by atoms with E-state index in [1.54, 1.807) is 12.3 Å². The van der Waals surface area contributed by atoms with Crippen molar-refractivity contribution >= 4 is 35.2 Å². The van der Waals surface area contributed by atoms with Crippen molar-refractivity contribution in [3.8, 4) is 11.3 Å². The van der Waals surface area contributed by atoms with E-state index in [9.17, 15) is 4.79 Å². The summed E-state index contributed by atoms with van der Waals surface area (Å²) in [5.74, 6) is 1.81. The lowest BCUT2D eigenvalue weighted by Gasteiger charge is -2.41. The molecule has 5 rings (SSSR count). The third kappa shape index (κ3) is 5.93. The summed E-state index contributed by atoms with van der Waals surface area (Å²) in [6.07, 6.45) is 5.66. The summed E-state index contributed by atoms with van der Waals surface area (Å²) in [7, 11) is 0. The molecular weight excluding hydrogens is 514 g/mol. The fourth-order valence-electron chi connectivity index (χ4n) is 5.46. The Kier molecular flexibility index (Phi) is 7.88. The first kappa shape index (κ1) is 27.1. The summed E-state index contributed by atoms with van der Waals surface area (Å²) in [6.45, 7) is 11.9. The van der Waals surface area contributed by atoms with Gasteiger partial charge < -0.3 is 19.8 Å². The standard InChI is InChI=1S/C29H36ClN7O2/c1-18(2)24-14-22(7-8-31-24)25-15-26(34-29(33-25)37-9-5-6-19(37)3)36-11-10-35(17-20(36)4)28-23(30)12-21(16-32-28)13-27(38)39/h7-8,12,14-16,18-20H,5-6,9-11,13,17H2,1-4H3,(H,38,39). The average Bonchev–Trinajstić information content (AvgIpc) is 3.34. The minimum Gasteiger partial charge on any atom is -0.481 e. The number of rotatable bonds is 7. The van der Waals surface area contributed by atoms with Crippen molar-refractivity contribution in [3.05, 3.63) is 52.9 Å². The Labute approximate surface area is 234 Å². The lowest BCUT2D eigenvalue weighted by Crippen LogP contribution is -2.52. The predicted octanol–water partition coefficient (Wildman–Crippen LogP) is 5.04. The van der Waals surface area contributed by atoms with Crippen LogP contribution in [0.4, 0.5) is 17.6 Å². The maximum Gasteiger partial charge on any atom is 0.307 e. The Bertz CT molecular complexity index is 1350. The molecule has 2 atom stereocenters. The number of aliphatic carboxylic acids is 1. The summed E-state index contributed by atoms with van der Waals surface area (Å²) in [6, 6.07) is 8.51. The van der Waals surface area contributed by atoms with E-state index in [4.69, 9.17) is 26.7 Å². The number of aromatic nitrogens is 4. The molecule has 10 heteroatoms. The van der Waals surface area contributed by atoms with Gasteiger partial charge >= 0.3 is 5.97 Å². The third-order valence-corrected chi connectivity index (χ3v) is 7.91. The molecule has 0 amide bonds. The fourth-order valence-corrected chi connectivity index (χ4v) is 5.77. The number of carboxylic acids is 1. The Morgan fingerprint density at radius 1 is 1.08 bits per heavy atom. The van der Waals surface area contributed by atoms with E-state index in [1.807, 2.05) is 12.3 Å². The quantitative estimate of drug-likeness (QED) is 0.434. The Balaban J connectivity index is 1.43. The lowest BCUT2D eigenvalue weighted by molar-refractivity contribution is -0.136. The molecular formula is C29H36ClN7O2. The van der Waals surface area contributed by atoms with Crippen LogP contribution in [0.1, 0.15) is 57.7 Å². The van der Waals surface area contributed by atoms with Crippen LogP contribution in [0, 0.1) is 0 Å². The topological polar surface area (TPSA) is 98.6 Å². The summed E-state index contributed by atoms with van der Waals surface area (Å²) >= 11 is 6.54. The normalized spacial score (nSPS) is 19.7. The molecule has 2 unspecified atom stereocenters. The zero-order valence-electron chi connectivity index (χ0n) is 23.0. The maximum absolute atomic E-state index is 11.1. The van der Waals surface area contributed by atoms with Crippen LogP contribution in [-0.4, -0.2) is 69.3 Å². The number of piperazine rings is 1. The SMILES string of the molecule is CC(C)c1cc(-c2cc(N3CCN(c4ncc(CC(=O)O)cc4Cl)CC3C)nc(N3CCCC3C)n2)ccn1. The van der Waals surface area contributed by atoms with Crippen molar-refractivity contribution in [1.29, 1.82) is 0 Å². The van der Waals surface area contributed by atoms with Crippen LogP contribution in [0.2, 0.25) is 5.02 Å². The second kappa shape index (κ2) is 11.3. The second-order valence-corrected chi connectivity index (χ2v) is 11.3. The minimum atomic E-state index is -0.901. The molecule has 0 saturated carbocycles. The molecule has 0 spiro atoms. The average molecular weight is 550 g/mol. The van der Waals surface area contributed by atoms with Crippen LogP contribution in [0.15, 0.2) is 36.7 Å². The lowest BCUT2D eigenvalue weighted by atomic mass is 10.1. The smallest absolute Gasteiger partial charge is 0.307 e. The van der Waals surface area contributed by atoms with Crippen molar-refractivity contribution in [3.63, 3.8) is 0 Å². The van der Waals surface area contributed by atoms with Gasteiger partial charge in [0.25, 0.3) is 0 Å². The highest BCUT2D eigenvalue weighted by Crippen LogP contribution is 2.32. The van der Waals surface area contributed by atoms with Crippen LogP contribution in [0.25, 0.3) is 11.3 Å². The molecule has 3 aromatic heterocycles. The van der Waals surface area contributed by atoms with Gasteiger partial charge in [-0.2, -0.15) is 4.98 Å². The number of halogens is 1. The van der Waals surface area contributed by atoms with E-state index in [-0.39, 0.29) is 12.5 Å². The number of hydrogen-bond donors (Lipinski definition) is 1. The number of nitrogens with zero attached hydrogens (tertiary/aromatic N) is 7. The number of carbonyl (C=O) groups is 1. The van der Waals surface area contributed by atoms with Gasteiger partial charge in [0, 0.05) is 68.0 Å². The number of anilines is 3. The third-order valence-electron chi connectivity index (χ3n) is 7.63. The van der Waals surface area contributed by atoms with Crippen molar-refractivity contribution in [2.24, 2.45) is 0 Å². The zero-order chi connectivity index (χ0) is 27.7. The minimum absolute atomic E-state index is 0.0959. The molecule has 39 heavy (non-hydrogen) atoms. The van der Waals surface area contributed by atoms with E-state index in [0.717, 1.165) is 61.2 Å². The number of hydrogen-bond acceptors (Lipinski definition) is 8. The molecule has 9 nitrogen and oxygen atoms in total. The molecule has 2 aliphatic heterocycles. The van der Waals surface area contributed by atoms with Gasteiger partial charge in [0.2, 0.25) is 5.95 Å². The molecule has 0 aromatic carbocycles. The summed E-state index contributed by atoms with van der Waals surface area (Å²) in [4.78, 5) is 37.1. The molecule has 206 valence electrons. The van der Waals surface area contributed by atoms with Gasteiger partial charge in [-0.25, -0.2) is 9.97 Å². The van der Waals surface area contributed by atoms with Gasteiger partial charge in [0.15, 0.2) is 0 Å². The Morgan fingerprint density at radius 2 is 1.90 bits per heavy atom. The molecule has 0 aliphatic carbocycles. The Morgan fingerprint density at radius 3 is 2.56 bits per heavy atom. The molecule has 2 fully saturated rings. The molecule has 1 N–H and O–H groups in total. The maximum atomic E-state index is 11.1. The first-order valence-corrected chi connectivity index (χ1v) is 14.1. The highest BCUT2D eigenvalue weighted by molar-refractivity contribution is 6.33. The van der Waals surface area contributed by atoms with Crippen LogP contribution in [0.3, 0.4) is 0 Å². The van der Waals surface area contributed by atoms with Gasteiger partial charge in [-0.15, -0.1) is 0 Å². The zero-order valence-corrected chi connectivity index (χ0v) is 23.8. The van der Waals surface area contributed by atoms with Crippen molar-refractivity contribution in [2.45, 2.75) is 65.0 Å². The monoisotopic (exact) mass is 549 g/mol. The highest BCUT2D eigenvalue weighted by atomic mass is 35.5. The van der Waals surface area contributed by atoms with Crippen molar-refractivity contribution < 1.29 is 9.90 Å². The molecule has 2 aliphatic rings. The van der Waals surface area contributed by atoms with Gasteiger partial charge in [-0.05, 0) is 56.4 Å². The predicted molar refractivity (Wildman–Crippen MR) is 155 cm³/mol. The van der Waals surface area contributed by atoms with Crippen LogP contribution >= 0.6 is 11.6 Å². The second-order valence-electron chi connectivity index (χ2n) is 10.9. The van der Waals surface area contributed by atoms with Crippen LogP contribution in [-0.2, 0) is 11.2 Å². The molecule has 0 radical (unpaired) electrons. The molecule has 2 saturated heterocycles. The largest absolute Gasteiger partial charge is 0.481 e. The van der Waals surface area contributed by atoms with E-state index in [0.29, 0.717) is 34.9 Å². The van der Waals surface area contributed by atoms with E-state index in [2.05, 4.69) is 64.5 Å². The summed E-state index contributed by atoms with van der Waals surface area (Å²) in [5.41, 5.74) is 3.60. The molecule has 5 heterocycles. The van der Waals surface area contributed by atoms with Crippen molar-refractivity contribution in [1.82, 2.24) is 19.9 Å². The molecule has 3 aromatic rings. The van der Waals surface area contributed by atoms with E-state index in [1.165, 1.54) is 0 Å². The van der Waals surface area contributed by atoms with E-state index < -0.39 is 5.97 Å². The fraction of sp³-hybridized carbons (Fsp3) is 0.483. The van der Waals surface area contributed by atoms with Gasteiger partial charge in [0.1, 0.15) is 11.6 Å². The number of carboxylic acid groups (broad SMARTS) is 1. The van der Waals surface area contributed by atoms with Gasteiger partial charge in [-0.1, -0.05) is 25.4 Å². The molecule has 0 bridgehead atoms. The highest BCUT2D eigenvalue weighted by Gasteiger charge is 2.30. The first-order valence-electron chi connectivity index (χ1n) is 13.7. The van der Waals surface area contributed by atoms with Crippen LogP contribution < -0.4 is 14.7 Å². The van der Waals surface area contributed by atoms with Crippen molar-refractivity contribution in [2.75, 3.05) is 40.9 Å². The summed E-state index contributed by atoms with van der Waals surface area (Å²) < 4.78 is 0. The van der Waals surface area contributed by atoms with Gasteiger partial charge in [-0.3, -0.25) is 9.78 Å². The number of pyridine rings is 2. The van der Waals surface area contributed by atoms with E-state index >= 15 is 0 Å². The van der Waals surface area contributed by atoms with Crippen LogP contribution in [0.5, 0.6) is 0 Å². The Hall–Kier alpha value is -3.46. The first-order chi connectivity index (χ1) is 18.7. The van der Waals surface area contributed by atoms with Gasteiger partial charge in [0.05, 0.1) is 17.1 Å².